The van der Waals surface area contributed by atoms with Crippen LogP contribution in [0.5, 0.6) is 0 Å². The standard InChI is InChI=1S/C15H18N2O3/c1-15(14(19)20)6-2-8-17(15)13(18)11-4-3-10-5-7-16-12(10)9-11/h3-4,9,16H,2,5-8H2,1H3,(H,19,20). The van der Waals surface area contributed by atoms with Gasteiger partial charge in [-0.2, -0.15) is 0 Å². The molecule has 1 aromatic rings. The number of carbonyl (C=O) groups is 2. The molecule has 2 aliphatic rings. The van der Waals surface area contributed by atoms with Gasteiger partial charge < -0.3 is 15.3 Å². The number of aliphatic carboxylic acids is 1. The Morgan fingerprint density at radius 3 is 2.95 bits per heavy atom. The van der Waals surface area contributed by atoms with Crippen molar-refractivity contribution in [2.75, 3.05) is 18.4 Å². The Kier molecular flexibility index (Phi) is 2.92. The van der Waals surface area contributed by atoms with E-state index >= 15 is 0 Å². The third-order valence-corrected chi connectivity index (χ3v) is 4.41. The first kappa shape index (κ1) is 13.0. The average Bonchev–Trinajstić information content (AvgIpc) is 3.03. The van der Waals surface area contributed by atoms with Crippen LogP contribution in [-0.2, 0) is 11.2 Å². The quantitative estimate of drug-likeness (QED) is 0.861. The normalized spacial score (nSPS) is 24.4. The fraction of sp³-hybridized carbons (Fsp3) is 0.467. The van der Waals surface area contributed by atoms with Crippen LogP contribution in [0.15, 0.2) is 18.2 Å². The van der Waals surface area contributed by atoms with Gasteiger partial charge in [0.05, 0.1) is 0 Å². The Bertz CT molecular complexity index is 584. The highest BCUT2D eigenvalue weighted by Gasteiger charge is 2.46. The molecule has 106 valence electrons. The van der Waals surface area contributed by atoms with E-state index in [-0.39, 0.29) is 5.91 Å². The molecule has 1 saturated heterocycles. The third kappa shape index (κ3) is 1.85. The Morgan fingerprint density at radius 1 is 1.40 bits per heavy atom. The summed E-state index contributed by atoms with van der Waals surface area (Å²) in [5.41, 5.74) is 1.69. The van der Waals surface area contributed by atoms with E-state index in [4.69, 9.17) is 0 Å². The molecule has 1 atom stereocenters. The van der Waals surface area contributed by atoms with Gasteiger partial charge in [-0.05, 0) is 43.9 Å². The summed E-state index contributed by atoms with van der Waals surface area (Å²) in [5, 5.41) is 12.6. The van der Waals surface area contributed by atoms with E-state index in [9.17, 15) is 14.7 Å². The lowest BCUT2D eigenvalue weighted by Crippen LogP contribution is -2.50. The molecule has 1 unspecified atom stereocenters. The summed E-state index contributed by atoms with van der Waals surface area (Å²) in [4.78, 5) is 25.5. The van der Waals surface area contributed by atoms with Crippen molar-refractivity contribution in [3.05, 3.63) is 29.3 Å². The number of nitrogens with one attached hydrogen (secondary N) is 1. The topological polar surface area (TPSA) is 69.6 Å². The summed E-state index contributed by atoms with van der Waals surface area (Å²) < 4.78 is 0. The molecule has 2 heterocycles. The maximum Gasteiger partial charge on any atom is 0.329 e. The third-order valence-electron chi connectivity index (χ3n) is 4.41. The van der Waals surface area contributed by atoms with Crippen molar-refractivity contribution in [2.45, 2.75) is 31.7 Å². The van der Waals surface area contributed by atoms with Crippen LogP contribution in [0.3, 0.4) is 0 Å². The number of hydrogen-bond donors (Lipinski definition) is 2. The summed E-state index contributed by atoms with van der Waals surface area (Å²) in [7, 11) is 0. The molecule has 0 radical (unpaired) electrons. The summed E-state index contributed by atoms with van der Waals surface area (Å²) in [6, 6.07) is 5.59. The van der Waals surface area contributed by atoms with Gasteiger partial charge in [0, 0.05) is 24.3 Å². The van der Waals surface area contributed by atoms with E-state index < -0.39 is 11.5 Å². The van der Waals surface area contributed by atoms with E-state index in [1.165, 1.54) is 10.5 Å². The Balaban J connectivity index is 1.91. The number of carbonyl (C=O) groups excluding carboxylic acids is 1. The molecular weight excluding hydrogens is 256 g/mol. The summed E-state index contributed by atoms with van der Waals surface area (Å²) >= 11 is 0. The van der Waals surface area contributed by atoms with Crippen molar-refractivity contribution in [3.63, 3.8) is 0 Å². The number of carboxylic acids is 1. The van der Waals surface area contributed by atoms with E-state index in [2.05, 4.69) is 5.32 Å². The fourth-order valence-electron chi connectivity index (χ4n) is 3.09. The molecule has 20 heavy (non-hydrogen) atoms. The number of amides is 1. The van der Waals surface area contributed by atoms with E-state index in [0.29, 0.717) is 18.5 Å². The molecule has 5 heteroatoms. The number of anilines is 1. The SMILES string of the molecule is CC1(C(=O)O)CCCN1C(=O)c1ccc2c(c1)NCC2. The van der Waals surface area contributed by atoms with Crippen LogP contribution in [0.1, 0.15) is 35.7 Å². The van der Waals surface area contributed by atoms with Crippen LogP contribution in [0.4, 0.5) is 5.69 Å². The van der Waals surface area contributed by atoms with Crippen LogP contribution >= 0.6 is 0 Å². The molecule has 0 bridgehead atoms. The second-order valence-corrected chi connectivity index (χ2v) is 5.69. The van der Waals surface area contributed by atoms with E-state index in [0.717, 1.165) is 25.1 Å². The predicted octanol–water partition coefficient (Wildman–Crippen LogP) is 1.73. The first-order chi connectivity index (χ1) is 9.52. The van der Waals surface area contributed by atoms with Crippen molar-refractivity contribution in [3.8, 4) is 0 Å². The van der Waals surface area contributed by atoms with Gasteiger partial charge >= 0.3 is 5.97 Å². The number of carboxylic acid groups (broad SMARTS) is 1. The molecule has 2 aliphatic heterocycles. The first-order valence-electron chi connectivity index (χ1n) is 6.94. The van der Waals surface area contributed by atoms with E-state index in [1.807, 2.05) is 12.1 Å². The zero-order valence-corrected chi connectivity index (χ0v) is 11.5. The Morgan fingerprint density at radius 2 is 2.20 bits per heavy atom. The average molecular weight is 274 g/mol. The lowest BCUT2D eigenvalue weighted by molar-refractivity contribution is -0.147. The van der Waals surface area contributed by atoms with Crippen LogP contribution in [0.2, 0.25) is 0 Å². The molecule has 3 rings (SSSR count). The highest BCUT2D eigenvalue weighted by atomic mass is 16.4. The lowest BCUT2D eigenvalue weighted by atomic mass is 9.98. The highest BCUT2D eigenvalue weighted by Crippen LogP contribution is 2.32. The van der Waals surface area contributed by atoms with Gasteiger partial charge in [-0.1, -0.05) is 6.07 Å². The number of hydrogen-bond acceptors (Lipinski definition) is 3. The van der Waals surface area contributed by atoms with E-state index in [1.54, 1.807) is 13.0 Å². The van der Waals surface area contributed by atoms with Crippen molar-refractivity contribution in [2.24, 2.45) is 0 Å². The van der Waals surface area contributed by atoms with Crippen LogP contribution < -0.4 is 5.32 Å². The largest absolute Gasteiger partial charge is 0.480 e. The Labute approximate surface area is 117 Å². The molecular formula is C15H18N2O3. The molecule has 1 fully saturated rings. The molecule has 0 spiro atoms. The fourth-order valence-corrected chi connectivity index (χ4v) is 3.09. The molecule has 0 aliphatic carbocycles. The number of benzene rings is 1. The van der Waals surface area contributed by atoms with Crippen LogP contribution in [0.25, 0.3) is 0 Å². The minimum Gasteiger partial charge on any atom is -0.480 e. The predicted molar refractivity (Wildman–Crippen MR) is 74.9 cm³/mol. The second kappa shape index (κ2) is 4.51. The van der Waals surface area contributed by atoms with Gasteiger partial charge in [-0.3, -0.25) is 4.79 Å². The van der Waals surface area contributed by atoms with Gasteiger partial charge in [0.2, 0.25) is 0 Å². The minimum atomic E-state index is -1.08. The lowest BCUT2D eigenvalue weighted by Gasteiger charge is -2.31. The number of likely N-dealkylation sites (tertiary alicyclic amines) is 1. The number of nitrogens with zero attached hydrogens (tertiary/aromatic N) is 1. The van der Waals surface area contributed by atoms with Gasteiger partial charge in [0.25, 0.3) is 5.91 Å². The van der Waals surface area contributed by atoms with Crippen LogP contribution in [-0.4, -0.2) is 40.5 Å². The summed E-state index contributed by atoms with van der Waals surface area (Å²) in [6.07, 6.45) is 2.22. The smallest absolute Gasteiger partial charge is 0.329 e. The molecule has 1 aromatic carbocycles. The number of rotatable bonds is 2. The highest BCUT2D eigenvalue weighted by molar-refractivity contribution is 5.99. The molecule has 2 N–H and O–H groups in total. The zero-order chi connectivity index (χ0) is 14.3. The van der Waals surface area contributed by atoms with Crippen molar-refractivity contribution in [1.82, 2.24) is 4.90 Å². The second-order valence-electron chi connectivity index (χ2n) is 5.69. The van der Waals surface area contributed by atoms with Crippen molar-refractivity contribution < 1.29 is 14.7 Å². The number of fused-ring (bicyclic) bond motifs is 1. The van der Waals surface area contributed by atoms with Crippen LogP contribution in [0, 0.1) is 0 Å². The first-order valence-corrected chi connectivity index (χ1v) is 6.94. The van der Waals surface area contributed by atoms with Gasteiger partial charge in [-0.25, -0.2) is 4.79 Å². The van der Waals surface area contributed by atoms with Crippen molar-refractivity contribution >= 4 is 17.6 Å². The monoisotopic (exact) mass is 274 g/mol. The van der Waals surface area contributed by atoms with Gasteiger partial charge in [0.1, 0.15) is 5.54 Å². The minimum absolute atomic E-state index is 0.191. The molecule has 0 aromatic heterocycles. The molecule has 1 amide bonds. The van der Waals surface area contributed by atoms with Gasteiger partial charge in [0.15, 0.2) is 0 Å². The summed E-state index contributed by atoms with van der Waals surface area (Å²) in [5.74, 6) is -1.12. The molecule has 5 nitrogen and oxygen atoms in total. The van der Waals surface area contributed by atoms with Gasteiger partial charge in [-0.15, -0.1) is 0 Å². The zero-order valence-electron chi connectivity index (χ0n) is 11.5. The summed E-state index contributed by atoms with van der Waals surface area (Å²) in [6.45, 7) is 3.03. The maximum absolute atomic E-state index is 12.6. The Hall–Kier alpha value is -2.04. The maximum atomic E-state index is 12.6. The van der Waals surface area contributed by atoms with Crippen molar-refractivity contribution in [1.29, 1.82) is 0 Å². The molecule has 0 saturated carbocycles.